The Kier molecular flexibility index (Phi) is 6.74. The summed E-state index contributed by atoms with van der Waals surface area (Å²) in [4.78, 5) is 2.61. The number of benzene rings is 2. The van der Waals surface area contributed by atoms with Crippen LogP contribution < -0.4 is 0 Å². The van der Waals surface area contributed by atoms with E-state index in [9.17, 15) is 5.11 Å². The maximum atomic E-state index is 10.1. The molecule has 2 aromatic carbocycles. The quantitative estimate of drug-likeness (QED) is 0.461. The van der Waals surface area contributed by atoms with Crippen LogP contribution in [0.5, 0.6) is 5.75 Å². The first kappa shape index (κ1) is 25.0. The Balaban J connectivity index is 1.70. The summed E-state index contributed by atoms with van der Waals surface area (Å²) in [5.74, 6) is 0.581. The summed E-state index contributed by atoms with van der Waals surface area (Å²) in [6.45, 7) is 13.0. The van der Waals surface area contributed by atoms with Crippen molar-refractivity contribution in [1.29, 1.82) is 0 Å². The number of hydrogen-bond acceptors (Lipinski definition) is 3. The predicted molar refractivity (Wildman–Crippen MR) is 149 cm³/mol. The summed E-state index contributed by atoms with van der Waals surface area (Å²) in [5, 5.41) is 10.1. The minimum absolute atomic E-state index is 0.236. The molecule has 190 valence electrons. The van der Waals surface area contributed by atoms with Crippen LogP contribution in [0.1, 0.15) is 64.0 Å². The van der Waals surface area contributed by atoms with Gasteiger partial charge in [-0.05, 0) is 58.9 Å². The Labute approximate surface area is 217 Å². The van der Waals surface area contributed by atoms with E-state index in [4.69, 9.17) is 4.74 Å². The highest BCUT2D eigenvalue weighted by molar-refractivity contribution is 5.81. The zero-order valence-electron chi connectivity index (χ0n) is 22.3. The van der Waals surface area contributed by atoms with Gasteiger partial charge >= 0.3 is 0 Å². The van der Waals surface area contributed by atoms with Gasteiger partial charge in [0.2, 0.25) is 0 Å². The molecule has 1 saturated heterocycles. The molecule has 1 aliphatic heterocycles. The van der Waals surface area contributed by atoms with E-state index in [1.807, 2.05) is 12.1 Å². The molecule has 2 fully saturated rings. The van der Waals surface area contributed by atoms with Gasteiger partial charge in [-0.25, -0.2) is 0 Å². The number of hydrogen-bond donors (Lipinski definition) is 1. The molecule has 36 heavy (non-hydrogen) atoms. The van der Waals surface area contributed by atoms with Crippen LogP contribution in [0.15, 0.2) is 84.5 Å². The maximum absolute atomic E-state index is 10.1. The molecule has 3 aliphatic rings. The molecule has 1 heterocycles. The number of allylic oxidation sites excluding steroid dienone is 3. The van der Waals surface area contributed by atoms with Crippen molar-refractivity contribution in [3.8, 4) is 5.75 Å². The molecule has 0 spiro atoms. The standard InChI is InChI=1S/C33H41NO2/c1-31(2)22-28(23-32(3,4)24-31)30(27-10-12-29(35)13-11-27)33(34-18-20-36-21-19-34)16-14-26(15-17-33)25-8-6-5-7-9-25/h5-17,26,35H,18-24H2,1-4H3. The van der Waals surface area contributed by atoms with Crippen LogP contribution in [0.2, 0.25) is 0 Å². The lowest BCUT2D eigenvalue weighted by Crippen LogP contribution is -2.53. The average molecular weight is 484 g/mol. The first-order valence-electron chi connectivity index (χ1n) is 13.5. The van der Waals surface area contributed by atoms with Crippen molar-refractivity contribution in [2.24, 2.45) is 10.8 Å². The number of ether oxygens (including phenoxy) is 1. The minimum Gasteiger partial charge on any atom is -0.508 e. The third-order valence-electron chi connectivity index (χ3n) is 8.09. The summed E-state index contributed by atoms with van der Waals surface area (Å²) < 4.78 is 5.80. The smallest absolute Gasteiger partial charge is 0.115 e. The Morgan fingerprint density at radius 1 is 0.833 bits per heavy atom. The fraction of sp³-hybridized carbons (Fsp3) is 0.455. The molecule has 0 amide bonds. The molecule has 1 N–H and O–H groups in total. The molecular formula is C33H41NO2. The van der Waals surface area contributed by atoms with Gasteiger partial charge in [-0.1, -0.05) is 100 Å². The number of aromatic hydroxyl groups is 1. The van der Waals surface area contributed by atoms with Gasteiger partial charge in [-0.2, -0.15) is 0 Å². The second kappa shape index (κ2) is 9.68. The van der Waals surface area contributed by atoms with Crippen LogP contribution >= 0.6 is 0 Å². The van der Waals surface area contributed by atoms with Crippen LogP contribution in [0, 0.1) is 10.8 Å². The molecule has 3 heteroatoms. The number of rotatable bonds is 4. The largest absolute Gasteiger partial charge is 0.508 e. The van der Waals surface area contributed by atoms with Gasteiger partial charge in [0.25, 0.3) is 0 Å². The second-order valence-electron chi connectivity index (χ2n) is 12.5. The van der Waals surface area contributed by atoms with Crippen molar-refractivity contribution in [1.82, 2.24) is 4.90 Å². The fourth-order valence-electron chi connectivity index (χ4n) is 7.15. The van der Waals surface area contributed by atoms with Gasteiger partial charge in [0.05, 0.1) is 18.8 Å². The Morgan fingerprint density at radius 3 is 2.00 bits per heavy atom. The molecule has 0 aromatic heterocycles. The lowest BCUT2D eigenvalue weighted by molar-refractivity contribution is 0.0200. The van der Waals surface area contributed by atoms with Crippen molar-refractivity contribution in [2.75, 3.05) is 26.3 Å². The van der Waals surface area contributed by atoms with E-state index in [0.717, 1.165) is 39.1 Å². The summed E-state index contributed by atoms with van der Waals surface area (Å²) in [6.07, 6.45) is 13.1. The monoisotopic (exact) mass is 483 g/mol. The van der Waals surface area contributed by atoms with E-state index in [0.29, 0.717) is 5.75 Å². The van der Waals surface area contributed by atoms with Crippen LogP contribution in [-0.2, 0) is 4.74 Å². The van der Waals surface area contributed by atoms with E-state index in [2.05, 4.69) is 99.4 Å². The van der Waals surface area contributed by atoms with E-state index >= 15 is 0 Å². The van der Waals surface area contributed by atoms with Gasteiger partial charge in [-0.3, -0.25) is 4.90 Å². The Bertz CT molecular complexity index is 1120. The first-order chi connectivity index (χ1) is 17.2. The van der Waals surface area contributed by atoms with Crippen LogP contribution in [0.25, 0.3) is 5.57 Å². The van der Waals surface area contributed by atoms with E-state index < -0.39 is 0 Å². The number of phenolic OH excluding ortho intramolecular Hbond substituents is 1. The summed E-state index contributed by atoms with van der Waals surface area (Å²) in [5.41, 5.74) is 5.59. The summed E-state index contributed by atoms with van der Waals surface area (Å²) >= 11 is 0. The third kappa shape index (κ3) is 5.10. The van der Waals surface area contributed by atoms with E-state index in [1.54, 1.807) is 5.57 Å². The number of phenols is 1. The molecule has 0 atom stereocenters. The molecule has 2 aromatic rings. The zero-order chi connectivity index (χ0) is 25.4. The highest BCUT2D eigenvalue weighted by Gasteiger charge is 2.44. The summed E-state index contributed by atoms with van der Waals surface area (Å²) in [7, 11) is 0. The molecule has 5 rings (SSSR count). The zero-order valence-corrected chi connectivity index (χ0v) is 22.3. The molecule has 0 radical (unpaired) electrons. The number of nitrogens with zero attached hydrogens (tertiary/aromatic N) is 1. The van der Waals surface area contributed by atoms with Crippen molar-refractivity contribution in [3.63, 3.8) is 0 Å². The Hall–Kier alpha value is -2.62. The van der Waals surface area contributed by atoms with Gasteiger partial charge in [0.1, 0.15) is 5.75 Å². The SMILES string of the molecule is CC1(C)CC(=C(c2ccc(O)cc2)C2(N3CCOCC3)C=CC(c3ccccc3)C=C2)CC(C)(C)C1. The normalized spacial score (nSPS) is 27.7. The first-order valence-corrected chi connectivity index (χ1v) is 13.5. The summed E-state index contributed by atoms with van der Waals surface area (Å²) in [6, 6.07) is 18.7. The molecular weight excluding hydrogens is 442 g/mol. The highest BCUT2D eigenvalue weighted by Crippen LogP contribution is 2.53. The van der Waals surface area contributed by atoms with Gasteiger partial charge in [-0.15, -0.1) is 0 Å². The molecule has 1 saturated carbocycles. The lowest BCUT2D eigenvalue weighted by Gasteiger charge is -2.49. The topological polar surface area (TPSA) is 32.7 Å². The van der Waals surface area contributed by atoms with Crippen LogP contribution in [0.4, 0.5) is 0 Å². The highest BCUT2D eigenvalue weighted by atomic mass is 16.5. The molecule has 2 aliphatic carbocycles. The maximum Gasteiger partial charge on any atom is 0.115 e. The van der Waals surface area contributed by atoms with Crippen molar-refractivity contribution in [2.45, 2.75) is 58.4 Å². The molecule has 3 nitrogen and oxygen atoms in total. The van der Waals surface area contributed by atoms with E-state index in [-0.39, 0.29) is 22.3 Å². The van der Waals surface area contributed by atoms with Gasteiger partial charge in [0.15, 0.2) is 0 Å². The van der Waals surface area contributed by atoms with Crippen LogP contribution in [0.3, 0.4) is 0 Å². The lowest BCUT2D eigenvalue weighted by atomic mass is 9.61. The second-order valence-corrected chi connectivity index (χ2v) is 12.5. The third-order valence-corrected chi connectivity index (χ3v) is 8.09. The predicted octanol–water partition coefficient (Wildman–Crippen LogP) is 7.36. The van der Waals surface area contributed by atoms with E-state index in [1.165, 1.54) is 23.1 Å². The Morgan fingerprint density at radius 2 is 1.42 bits per heavy atom. The van der Waals surface area contributed by atoms with Crippen molar-refractivity contribution in [3.05, 3.63) is 95.6 Å². The van der Waals surface area contributed by atoms with Crippen molar-refractivity contribution < 1.29 is 9.84 Å². The molecule has 0 bridgehead atoms. The van der Waals surface area contributed by atoms with Gasteiger partial charge < -0.3 is 9.84 Å². The fourth-order valence-corrected chi connectivity index (χ4v) is 7.15. The van der Waals surface area contributed by atoms with Crippen LogP contribution in [-0.4, -0.2) is 41.8 Å². The van der Waals surface area contributed by atoms with Gasteiger partial charge in [0, 0.05) is 19.0 Å². The van der Waals surface area contributed by atoms with Crippen molar-refractivity contribution >= 4 is 5.57 Å². The minimum atomic E-state index is -0.342. The average Bonchev–Trinajstić information content (AvgIpc) is 2.85. The molecule has 0 unspecified atom stereocenters. The number of morpholine rings is 1.